The molecule has 0 atom stereocenters. The molecule has 0 amide bonds. The number of hydrogen-bond acceptors (Lipinski definition) is 11. The third-order valence-corrected chi connectivity index (χ3v) is 4.29. The van der Waals surface area contributed by atoms with Crippen molar-refractivity contribution in [1.82, 2.24) is 0 Å². The number of rotatable bonds is 0. The van der Waals surface area contributed by atoms with Gasteiger partial charge in [0.25, 0.3) is 0 Å². The molecule has 0 fully saturated rings. The molecular formula is C46H120O11V3. The molecule has 0 aromatic rings. The molecule has 0 saturated carbocycles. The van der Waals surface area contributed by atoms with Crippen molar-refractivity contribution < 1.29 is 108 Å². The predicted molar refractivity (Wildman–Crippen MR) is 262 cm³/mol. The molecule has 385 valence electrons. The summed E-state index contributed by atoms with van der Waals surface area (Å²) in [7, 11) is 15.2. The Morgan fingerprint density at radius 2 is 0.233 bits per heavy atom. The maximum Gasteiger partial charge on any atom is 0.106 e. The van der Waals surface area contributed by atoms with E-state index >= 15 is 0 Å². The minimum atomic E-state index is 0. The van der Waals surface area contributed by atoms with Crippen LogP contribution < -0.4 is 0 Å². The summed E-state index contributed by atoms with van der Waals surface area (Å²) in [6.07, 6.45) is 0. The van der Waals surface area contributed by atoms with E-state index in [0.29, 0.717) is 0 Å². The zero-order chi connectivity index (χ0) is 45.2. The third-order valence-electron chi connectivity index (χ3n) is 4.29. The van der Waals surface area contributed by atoms with Gasteiger partial charge in [0.1, 0.15) is 20.4 Å². The van der Waals surface area contributed by atoms with Crippen LogP contribution in [-0.2, 0) is 108 Å². The molecule has 11 nitrogen and oxygen atoms in total. The summed E-state index contributed by atoms with van der Waals surface area (Å²) in [4.78, 5) is 24.0. The minimum absolute atomic E-state index is 0. The average molecular weight is 1000 g/mol. The van der Waals surface area contributed by atoms with Crippen LogP contribution in [0, 0.1) is 0 Å². The second-order valence-electron chi connectivity index (χ2n) is 16.6. The van der Waals surface area contributed by atoms with E-state index in [1.54, 1.807) is 64.0 Å². The van der Waals surface area contributed by atoms with Gasteiger partial charge in [-0.15, -0.1) is 0 Å². The summed E-state index contributed by atoms with van der Waals surface area (Å²) >= 11 is 0. The quantitative estimate of drug-likeness (QED) is 0.230. The van der Waals surface area contributed by atoms with Gasteiger partial charge in [0, 0.05) is 120 Å². The molecule has 14 heteroatoms. The van der Waals surface area contributed by atoms with E-state index in [4.69, 9.17) is 47.5 Å². The van der Waals surface area contributed by atoms with Crippen LogP contribution in [0.25, 0.3) is 0 Å². The molecule has 0 saturated heterocycles. The summed E-state index contributed by atoms with van der Waals surface area (Å²) in [6.45, 7) is 48.4. The Labute approximate surface area is 419 Å². The summed E-state index contributed by atoms with van der Waals surface area (Å²) in [6, 6.07) is 0. The number of hydrogen-bond donors (Lipinski definition) is 0. The first-order valence-corrected chi connectivity index (χ1v) is 16.5. The first-order valence-electron chi connectivity index (χ1n) is 16.5. The van der Waals surface area contributed by atoms with Gasteiger partial charge in [0.2, 0.25) is 0 Å². The second-order valence-corrected chi connectivity index (χ2v) is 16.6. The molecule has 0 rings (SSSR count). The van der Waals surface area contributed by atoms with Gasteiger partial charge in [-0.3, -0.25) is 0 Å². The smallest absolute Gasteiger partial charge is 0.106 e. The molecule has 0 aliphatic carbocycles. The molecule has 0 N–H and O–H groups in total. The monoisotopic (exact) mass is 1000 g/mol. The summed E-state index contributed by atoms with van der Waals surface area (Å²) < 4.78 is 38.8. The fraction of sp³-hybridized carbons (Fsp3) is 0.935. The molecular weight excluding hydrogens is 881 g/mol. The van der Waals surface area contributed by atoms with Crippen molar-refractivity contribution in [3.8, 4) is 0 Å². The predicted octanol–water partition coefficient (Wildman–Crippen LogP) is 13.5. The van der Waals surface area contributed by atoms with Crippen LogP contribution in [0.3, 0.4) is 0 Å². The maximum absolute atomic E-state index is 8.00. The van der Waals surface area contributed by atoms with Gasteiger partial charge in [-0.25, -0.2) is 0 Å². The Morgan fingerprint density at radius 3 is 0.233 bits per heavy atom. The fourth-order valence-electron chi connectivity index (χ4n) is 0. The zero-order valence-corrected chi connectivity index (χ0v) is 45.6. The topological polar surface area (TPSA) is 125 Å². The van der Waals surface area contributed by atoms with Crippen molar-refractivity contribution in [2.24, 2.45) is 0 Å². The Hall–Kier alpha value is 0.443. The van der Waals surface area contributed by atoms with Gasteiger partial charge in [-0.2, -0.15) is 0 Å². The molecule has 0 aromatic heterocycles. The zero-order valence-electron chi connectivity index (χ0n) is 41.5. The fourth-order valence-corrected chi connectivity index (χ4v) is 0. The normalized spacial score (nSPS) is 8.90. The Kier molecular flexibility index (Phi) is 174. The van der Waals surface area contributed by atoms with Crippen LogP contribution >= 0.6 is 0 Å². The minimum Gasteiger partial charge on any atom is -0.388 e. The first-order chi connectivity index (χ1) is 22.3. The van der Waals surface area contributed by atoms with Crippen molar-refractivity contribution in [1.29, 1.82) is 0 Å². The van der Waals surface area contributed by atoms with E-state index < -0.39 is 0 Å². The average Bonchev–Trinajstić information content (AvgIpc) is 3.00. The first kappa shape index (κ1) is 131. The maximum atomic E-state index is 8.00. The molecule has 0 heterocycles. The molecule has 60 heavy (non-hydrogen) atoms. The van der Waals surface area contributed by atoms with Gasteiger partial charge in [0.05, 0.1) is 39.2 Å². The summed E-state index contributed by atoms with van der Waals surface area (Å²) in [5.74, 6) is 0. The van der Waals surface area contributed by atoms with E-state index in [0.717, 1.165) is 0 Å². The largest absolute Gasteiger partial charge is 0.388 e. The van der Waals surface area contributed by atoms with Crippen molar-refractivity contribution in [3.63, 3.8) is 0 Å². The Morgan fingerprint density at radius 1 is 0.217 bits per heavy atom. The molecule has 0 bridgehead atoms. The molecule has 0 unspecified atom stereocenters. The van der Waals surface area contributed by atoms with Gasteiger partial charge >= 0.3 is 0 Å². The second kappa shape index (κ2) is 79.8. The van der Waals surface area contributed by atoms with Crippen molar-refractivity contribution in [3.05, 3.63) is 0 Å². The third kappa shape index (κ3) is 419. The van der Waals surface area contributed by atoms with E-state index in [2.05, 4.69) is 4.74 Å². The number of carbonyl (C=O) groups excluding carboxylic acids is 3. The standard InChI is InChI=1S/7C5H12O.C2H6O.3CH2O.6CH4.3V/c7*1-5(2,3)6-4;1-3-2;3*1-2;;;;;;;;;/h7*1-4H3;1-2H3;3*1H2;6*1H4;;;. The summed E-state index contributed by atoms with van der Waals surface area (Å²) in [5, 5.41) is 0. The summed E-state index contributed by atoms with van der Waals surface area (Å²) in [5.41, 5.74) is 0.292. The number of methoxy groups -OCH3 is 8. The number of carbonyl (C=O) groups is 3. The van der Waals surface area contributed by atoms with E-state index in [9.17, 15) is 0 Å². The molecule has 0 aliphatic heterocycles. The number of ether oxygens (including phenoxy) is 8. The Bertz CT molecular complexity index is 456. The van der Waals surface area contributed by atoms with E-state index in [1.807, 2.05) is 166 Å². The van der Waals surface area contributed by atoms with Crippen LogP contribution in [0.5, 0.6) is 0 Å². The molecule has 0 aromatic carbocycles. The van der Waals surface area contributed by atoms with Crippen LogP contribution in [0.4, 0.5) is 0 Å². The van der Waals surface area contributed by atoms with Gasteiger partial charge in [-0.05, 0) is 145 Å². The SMILES string of the molecule is C.C.C.C.C.C.C=O.C=O.C=O.COC.COC(C)(C)C.COC(C)(C)C.COC(C)(C)C.COC(C)(C)C.COC(C)(C)C.COC(C)(C)C.COC(C)(C)C.[V].[V].[V]. The van der Waals surface area contributed by atoms with Crippen molar-refractivity contribution in [2.45, 2.75) is 229 Å². The van der Waals surface area contributed by atoms with Gasteiger partial charge < -0.3 is 52.3 Å². The van der Waals surface area contributed by atoms with Crippen molar-refractivity contribution in [2.75, 3.05) is 64.0 Å². The van der Waals surface area contributed by atoms with Crippen molar-refractivity contribution >= 4 is 20.4 Å². The van der Waals surface area contributed by atoms with Crippen LogP contribution in [0.2, 0.25) is 0 Å². The van der Waals surface area contributed by atoms with Gasteiger partial charge in [0.15, 0.2) is 0 Å². The van der Waals surface area contributed by atoms with E-state index in [-0.39, 0.29) is 139 Å². The van der Waals surface area contributed by atoms with Crippen LogP contribution in [-0.4, -0.2) is 124 Å². The van der Waals surface area contributed by atoms with Crippen LogP contribution in [0.15, 0.2) is 0 Å². The van der Waals surface area contributed by atoms with E-state index in [1.165, 1.54) is 0 Å². The molecule has 0 aliphatic rings. The van der Waals surface area contributed by atoms with Crippen LogP contribution in [0.1, 0.15) is 190 Å². The Balaban J connectivity index is -0.0000000163. The molecule has 0 spiro atoms. The van der Waals surface area contributed by atoms with Gasteiger partial charge in [-0.1, -0.05) is 44.6 Å². The molecule has 3 radical (unpaired) electrons.